The zero-order chi connectivity index (χ0) is 17.3. The Morgan fingerprint density at radius 1 is 1.16 bits per heavy atom. The minimum atomic E-state index is -0.568. The quantitative estimate of drug-likeness (QED) is 0.770. The molecule has 0 unspecified atom stereocenters. The second-order valence-electron chi connectivity index (χ2n) is 6.26. The average molecular weight is 339 g/mol. The van der Waals surface area contributed by atoms with E-state index in [1.54, 1.807) is 24.5 Å². The van der Waals surface area contributed by atoms with Gasteiger partial charge in [-0.1, -0.05) is 18.2 Å². The number of halogens is 1. The van der Waals surface area contributed by atoms with Gasteiger partial charge in [-0.15, -0.1) is 0 Å². The molecule has 0 spiro atoms. The zero-order valence-electron chi connectivity index (χ0n) is 13.6. The van der Waals surface area contributed by atoms with Gasteiger partial charge in [-0.3, -0.25) is 4.79 Å². The molecule has 2 N–H and O–H groups in total. The molecule has 1 amide bonds. The first-order valence-electron chi connectivity index (χ1n) is 8.26. The van der Waals surface area contributed by atoms with Crippen LogP contribution in [-0.2, 0) is 10.3 Å². The third-order valence-electron chi connectivity index (χ3n) is 4.79. The van der Waals surface area contributed by atoms with Crippen LogP contribution in [0.25, 0.3) is 11.0 Å². The molecule has 6 heteroatoms. The molecule has 4 rings (SSSR count). The lowest BCUT2D eigenvalue weighted by Crippen LogP contribution is -2.49. The van der Waals surface area contributed by atoms with Crippen molar-refractivity contribution in [3.05, 3.63) is 65.7 Å². The summed E-state index contributed by atoms with van der Waals surface area (Å²) in [6, 6.07) is 11.8. The van der Waals surface area contributed by atoms with Gasteiger partial charge in [0.25, 0.3) is 5.91 Å². The fourth-order valence-electron chi connectivity index (χ4n) is 3.41. The van der Waals surface area contributed by atoms with Crippen molar-refractivity contribution in [2.75, 3.05) is 13.2 Å². The number of carbonyl (C=O) groups excluding carboxylic acids is 1. The lowest BCUT2D eigenvalue weighted by Gasteiger charge is -2.38. The number of benzene rings is 2. The molecular formula is C19H18FN3O2. The summed E-state index contributed by atoms with van der Waals surface area (Å²) in [6.07, 6.45) is 2.85. The number of H-pyrrole nitrogens is 1. The van der Waals surface area contributed by atoms with Gasteiger partial charge < -0.3 is 15.0 Å². The number of nitrogens with zero attached hydrogens (tertiary/aromatic N) is 1. The first kappa shape index (κ1) is 15.8. The number of carbonyl (C=O) groups is 1. The largest absolute Gasteiger partial charge is 0.381 e. The first-order chi connectivity index (χ1) is 12.2. The number of imidazole rings is 1. The Kier molecular flexibility index (Phi) is 3.97. The molecule has 0 saturated carbocycles. The Morgan fingerprint density at radius 3 is 2.68 bits per heavy atom. The van der Waals surface area contributed by atoms with E-state index in [4.69, 9.17) is 4.74 Å². The predicted octanol–water partition coefficient (Wildman–Crippen LogP) is 3.14. The van der Waals surface area contributed by atoms with Crippen LogP contribution in [0, 0.1) is 5.82 Å². The Hall–Kier alpha value is -2.73. The van der Waals surface area contributed by atoms with Crippen molar-refractivity contribution in [3.63, 3.8) is 0 Å². The fourth-order valence-corrected chi connectivity index (χ4v) is 3.41. The van der Waals surface area contributed by atoms with Gasteiger partial charge in [-0.25, -0.2) is 9.37 Å². The van der Waals surface area contributed by atoms with Crippen LogP contribution in [0.3, 0.4) is 0 Å². The Morgan fingerprint density at radius 2 is 1.92 bits per heavy atom. The highest BCUT2D eigenvalue weighted by molar-refractivity contribution is 6.05. The third-order valence-corrected chi connectivity index (χ3v) is 4.79. The van der Waals surface area contributed by atoms with Gasteiger partial charge in [0.2, 0.25) is 0 Å². The minimum Gasteiger partial charge on any atom is -0.381 e. The van der Waals surface area contributed by atoms with Crippen LogP contribution in [0.15, 0.2) is 48.8 Å². The molecule has 0 radical (unpaired) electrons. The summed E-state index contributed by atoms with van der Waals surface area (Å²) in [6.45, 7) is 1.09. The number of hydrogen-bond acceptors (Lipinski definition) is 3. The molecule has 1 saturated heterocycles. The molecule has 1 fully saturated rings. The van der Waals surface area contributed by atoms with Gasteiger partial charge in [-0.05, 0) is 42.7 Å². The van der Waals surface area contributed by atoms with Crippen LogP contribution in [0.2, 0.25) is 0 Å². The first-order valence-corrected chi connectivity index (χ1v) is 8.26. The highest BCUT2D eigenvalue weighted by Crippen LogP contribution is 2.33. The maximum Gasteiger partial charge on any atom is 0.254 e. The van der Waals surface area contributed by atoms with Gasteiger partial charge in [0.1, 0.15) is 11.3 Å². The number of para-hydroxylation sites is 1. The van der Waals surface area contributed by atoms with Gasteiger partial charge >= 0.3 is 0 Å². The molecule has 2 heterocycles. The van der Waals surface area contributed by atoms with Gasteiger partial charge in [0.15, 0.2) is 0 Å². The number of ether oxygens (including phenoxy) is 1. The van der Waals surface area contributed by atoms with E-state index >= 15 is 0 Å². The molecule has 1 aliphatic heterocycles. The van der Waals surface area contributed by atoms with Crippen molar-refractivity contribution in [1.82, 2.24) is 15.3 Å². The third kappa shape index (κ3) is 2.89. The molecule has 2 aromatic carbocycles. The highest BCUT2D eigenvalue weighted by Gasteiger charge is 2.36. The van der Waals surface area contributed by atoms with E-state index in [9.17, 15) is 9.18 Å². The molecule has 128 valence electrons. The number of rotatable bonds is 3. The fraction of sp³-hybridized carbons (Fsp3) is 0.263. The Balaban J connectivity index is 1.70. The average Bonchev–Trinajstić information content (AvgIpc) is 3.11. The monoisotopic (exact) mass is 339 g/mol. The van der Waals surface area contributed by atoms with Crippen LogP contribution < -0.4 is 5.32 Å². The molecular weight excluding hydrogens is 321 g/mol. The van der Waals surface area contributed by atoms with Crippen molar-refractivity contribution < 1.29 is 13.9 Å². The number of fused-ring (bicyclic) bond motifs is 1. The van der Waals surface area contributed by atoms with E-state index in [1.165, 1.54) is 12.1 Å². The lowest BCUT2D eigenvalue weighted by molar-refractivity contribution is 0.0346. The number of hydrogen-bond donors (Lipinski definition) is 2. The van der Waals surface area contributed by atoms with Gasteiger partial charge in [0, 0.05) is 13.2 Å². The van der Waals surface area contributed by atoms with E-state index in [2.05, 4.69) is 15.3 Å². The maximum absolute atomic E-state index is 13.3. The second-order valence-corrected chi connectivity index (χ2v) is 6.26. The van der Waals surface area contributed by atoms with Crippen molar-refractivity contribution in [1.29, 1.82) is 0 Å². The molecule has 25 heavy (non-hydrogen) atoms. The molecule has 0 atom stereocenters. The molecule has 1 aliphatic rings. The van der Waals surface area contributed by atoms with Crippen molar-refractivity contribution in [2.45, 2.75) is 18.4 Å². The predicted molar refractivity (Wildman–Crippen MR) is 91.7 cm³/mol. The number of nitrogens with one attached hydrogen (secondary N) is 2. The summed E-state index contributed by atoms with van der Waals surface area (Å²) in [5, 5.41) is 3.17. The lowest BCUT2D eigenvalue weighted by atomic mass is 9.82. The number of aromatic nitrogens is 2. The van der Waals surface area contributed by atoms with E-state index in [-0.39, 0.29) is 11.7 Å². The molecule has 0 aliphatic carbocycles. The SMILES string of the molecule is O=C(NC1(c2ccc(F)cc2)CCOCC1)c1cccc2[nH]cnc12. The molecule has 1 aromatic heterocycles. The van der Waals surface area contributed by atoms with Crippen LogP contribution in [0.4, 0.5) is 4.39 Å². The summed E-state index contributed by atoms with van der Waals surface area (Å²) in [4.78, 5) is 20.3. The minimum absolute atomic E-state index is 0.191. The number of amides is 1. The van der Waals surface area contributed by atoms with Crippen LogP contribution in [0.5, 0.6) is 0 Å². The van der Waals surface area contributed by atoms with Crippen molar-refractivity contribution in [3.8, 4) is 0 Å². The number of aromatic amines is 1. The molecule has 3 aromatic rings. The van der Waals surface area contributed by atoms with E-state index < -0.39 is 5.54 Å². The van der Waals surface area contributed by atoms with Crippen LogP contribution >= 0.6 is 0 Å². The highest BCUT2D eigenvalue weighted by atomic mass is 19.1. The molecule has 0 bridgehead atoms. The summed E-state index contributed by atoms with van der Waals surface area (Å²) in [5.41, 5.74) is 2.30. The summed E-state index contributed by atoms with van der Waals surface area (Å²) in [7, 11) is 0. The normalized spacial score (nSPS) is 16.7. The van der Waals surface area contributed by atoms with E-state index in [0.717, 1.165) is 11.1 Å². The Labute approximate surface area is 144 Å². The van der Waals surface area contributed by atoms with Crippen LogP contribution in [0.1, 0.15) is 28.8 Å². The van der Waals surface area contributed by atoms with Crippen molar-refractivity contribution >= 4 is 16.9 Å². The maximum atomic E-state index is 13.3. The van der Waals surface area contributed by atoms with Crippen LogP contribution in [-0.4, -0.2) is 29.1 Å². The molecule has 5 nitrogen and oxygen atoms in total. The topological polar surface area (TPSA) is 67.0 Å². The van der Waals surface area contributed by atoms with E-state index in [0.29, 0.717) is 37.1 Å². The van der Waals surface area contributed by atoms with Gasteiger partial charge in [0.05, 0.1) is 22.9 Å². The van der Waals surface area contributed by atoms with Gasteiger partial charge in [-0.2, -0.15) is 0 Å². The standard InChI is InChI=1S/C19H18FN3O2/c20-14-6-4-13(5-7-14)19(8-10-25-11-9-19)23-18(24)15-2-1-3-16-17(15)22-12-21-16/h1-7,12H,8-11H2,(H,21,22)(H,23,24). The summed E-state index contributed by atoms with van der Waals surface area (Å²) in [5.74, 6) is -0.484. The summed E-state index contributed by atoms with van der Waals surface area (Å²) < 4.78 is 18.8. The smallest absolute Gasteiger partial charge is 0.254 e. The zero-order valence-corrected chi connectivity index (χ0v) is 13.6. The Bertz CT molecular complexity index is 898. The summed E-state index contributed by atoms with van der Waals surface area (Å²) >= 11 is 0. The van der Waals surface area contributed by atoms with E-state index in [1.807, 2.05) is 12.1 Å². The van der Waals surface area contributed by atoms with Crippen molar-refractivity contribution in [2.24, 2.45) is 0 Å². The second kappa shape index (κ2) is 6.29.